The van der Waals surface area contributed by atoms with Crippen molar-refractivity contribution in [3.63, 3.8) is 0 Å². The third-order valence-corrected chi connectivity index (χ3v) is 1.62. The molecule has 0 bridgehead atoms. The predicted molar refractivity (Wildman–Crippen MR) is 31.0 cm³/mol. The first kappa shape index (κ1) is 5.91. The van der Waals surface area contributed by atoms with Gasteiger partial charge in [0.2, 0.25) is 0 Å². The topological polar surface area (TPSA) is 9.23 Å². The second-order valence-electron chi connectivity index (χ2n) is 0.468. The molecule has 4 heteroatoms. The van der Waals surface area contributed by atoms with Crippen molar-refractivity contribution >= 4 is 27.3 Å². The van der Waals surface area contributed by atoms with Crippen molar-refractivity contribution in [1.29, 1.82) is 0 Å². The quantitative estimate of drug-likeness (QED) is 0.490. The van der Waals surface area contributed by atoms with E-state index in [1.165, 1.54) is 0 Å². The average Bonchev–Trinajstić information content (AvgIpc) is 1.38. The molecule has 0 spiro atoms. The lowest BCUT2D eigenvalue weighted by molar-refractivity contribution is 0.483. The van der Waals surface area contributed by atoms with Gasteiger partial charge in [0.05, 0.1) is 7.11 Å². The Morgan fingerprint density at radius 2 is 2.20 bits per heavy atom. The van der Waals surface area contributed by atoms with Crippen molar-refractivity contribution in [3.05, 3.63) is 0 Å². The van der Waals surface area contributed by atoms with Crippen LogP contribution in [0.3, 0.4) is 0 Å². The monoisotopic (exact) mass is 127 g/mol. The molecule has 0 N–H and O–H groups in total. The van der Waals surface area contributed by atoms with Gasteiger partial charge in [-0.05, 0) is 0 Å². The van der Waals surface area contributed by atoms with Crippen LogP contribution in [0.2, 0.25) is 0 Å². The Morgan fingerprint density at radius 1 is 2.00 bits per heavy atom. The standard InChI is InChI=1S/CH5OP2S/c1-2-4(3)5/h3H2,1H3/q+1. The Balaban J connectivity index is 2.85. The Bertz CT molecular complexity index is 44.9. The summed E-state index contributed by atoms with van der Waals surface area (Å²) in [4.78, 5) is 0. The van der Waals surface area contributed by atoms with Gasteiger partial charge < -0.3 is 0 Å². The highest BCUT2D eigenvalue weighted by molar-refractivity contribution is 8.31. The van der Waals surface area contributed by atoms with Gasteiger partial charge in [0.25, 0.3) is 0 Å². The van der Waals surface area contributed by atoms with Gasteiger partial charge in [-0.1, -0.05) is 0 Å². The fraction of sp³-hybridized carbons (Fsp3) is 1.00. The molecule has 0 fully saturated rings. The summed E-state index contributed by atoms with van der Waals surface area (Å²) >= 11 is 4.59. The molecule has 2 unspecified atom stereocenters. The first-order valence-corrected chi connectivity index (χ1v) is 4.92. The maximum absolute atomic E-state index is 4.59. The minimum absolute atomic E-state index is 0.598. The van der Waals surface area contributed by atoms with Crippen molar-refractivity contribution in [1.82, 2.24) is 0 Å². The van der Waals surface area contributed by atoms with Crippen LogP contribution < -0.4 is 0 Å². The Hall–Kier alpha value is 0.910. The molecule has 30 valence electrons. The third-order valence-electron chi connectivity index (χ3n) is 0.180. The van der Waals surface area contributed by atoms with E-state index in [1.54, 1.807) is 7.11 Å². The molecule has 0 heterocycles. The lowest BCUT2D eigenvalue weighted by Crippen LogP contribution is -1.48. The molecule has 0 aromatic rings. The summed E-state index contributed by atoms with van der Waals surface area (Å²) in [6.07, 6.45) is 0. The van der Waals surface area contributed by atoms with E-state index in [1.807, 2.05) is 0 Å². The largest absolute Gasteiger partial charge is 0.347 e. The van der Waals surface area contributed by atoms with Gasteiger partial charge in [0, 0.05) is 0 Å². The average molecular weight is 127 g/mol. The van der Waals surface area contributed by atoms with Gasteiger partial charge in [-0.3, -0.25) is 0 Å². The van der Waals surface area contributed by atoms with Gasteiger partial charge in [-0.25, -0.2) is 0 Å². The van der Waals surface area contributed by atoms with Gasteiger partial charge in [0.15, 0.2) is 11.8 Å². The van der Waals surface area contributed by atoms with Crippen molar-refractivity contribution < 1.29 is 4.52 Å². The van der Waals surface area contributed by atoms with Gasteiger partial charge in [-0.15, -0.1) is 0 Å². The maximum Gasteiger partial charge on any atom is 0.347 e. The lowest BCUT2D eigenvalue weighted by Gasteiger charge is -1.63. The first-order valence-electron chi connectivity index (χ1n) is 1.03. The second-order valence-corrected chi connectivity index (χ2v) is 5.01. The van der Waals surface area contributed by atoms with E-state index in [9.17, 15) is 0 Å². The molecule has 2 atom stereocenters. The summed E-state index contributed by atoms with van der Waals surface area (Å²) in [7, 11) is 3.99. The minimum atomic E-state index is -0.598. The molecule has 0 aromatic heterocycles. The van der Waals surface area contributed by atoms with Gasteiger partial charge in [0.1, 0.15) is 8.93 Å². The van der Waals surface area contributed by atoms with Crippen molar-refractivity contribution in [2.45, 2.75) is 0 Å². The summed E-state index contributed by atoms with van der Waals surface area (Å²) < 4.78 is 4.59. The van der Waals surface area contributed by atoms with Crippen LogP contribution in [-0.2, 0) is 16.3 Å². The molecule has 0 saturated heterocycles. The molecule has 0 aromatic carbocycles. The fourth-order valence-corrected chi connectivity index (χ4v) is 0. The van der Waals surface area contributed by atoms with Gasteiger partial charge in [-0.2, -0.15) is 4.52 Å². The van der Waals surface area contributed by atoms with Crippen LogP contribution in [-0.4, -0.2) is 7.11 Å². The van der Waals surface area contributed by atoms with Gasteiger partial charge >= 0.3 is 6.61 Å². The SMILES string of the molecule is CO[P+](P)=S. The summed E-state index contributed by atoms with van der Waals surface area (Å²) in [5, 5.41) is 0. The third kappa shape index (κ3) is 4.91. The zero-order valence-electron chi connectivity index (χ0n) is 2.84. The molecule has 0 aliphatic rings. The van der Waals surface area contributed by atoms with E-state index in [0.717, 1.165) is 0 Å². The summed E-state index contributed by atoms with van der Waals surface area (Å²) in [6, 6.07) is 0. The first-order chi connectivity index (χ1) is 2.27. The van der Waals surface area contributed by atoms with E-state index < -0.39 is 6.61 Å². The van der Waals surface area contributed by atoms with E-state index in [4.69, 9.17) is 0 Å². The molecule has 1 nitrogen and oxygen atoms in total. The van der Waals surface area contributed by atoms with Crippen molar-refractivity contribution in [2.75, 3.05) is 7.11 Å². The molecule has 0 aliphatic heterocycles. The van der Waals surface area contributed by atoms with Crippen molar-refractivity contribution in [3.8, 4) is 0 Å². The normalized spacial score (nSPS) is 11.2. The molecule has 0 amide bonds. The molecule has 0 rings (SSSR count). The summed E-state index contributed by atoms with van der Waals surface area (Å²) in [5.74, 6) is 0. The van der Waals surface area contributed by atoms with Crippen LogP contribution in [0, 0.1) is 0 Å². The van der Waals surface area contributed by atoms with Crippen LogP contribution in [0.25, 0.3) is 0 Å². The molecular weight excluding hydrogens is 122 g/mol. The fourth-order valence-electron chi connectivity index (χ4n) is 0. The van der Waals surface area contributed by atoms with E-state index in [2.05, 4.69) is 25.3 Å². The highest BCUT2D eigenvalue weighted by atomic mass is 32.6. The summed E-state index contributed by atoms with van der Waals surface area (Å²) in [6.45, 7) is -0.598. The highest BCUT2D eigenvalue weighted by Gasteiger charge is 1.89. The zero-order valence-corrected chi connectivity index (χ0v) is 5.71. The number of hydrogen-bond donors (Lipinski definition) is 0. The van der Waals surface area contributed by atoms with Crippen LogP contribution in [0.1, 0.15) is 0 Å². The smallest absolute Gasteiger partial charge is 0.170 e. The Morgan fingerprint density at radius 3 is 2.20 bits per heavy atom. The van der Waals surface area contributed by atoms with E-state index in [-0.39, 0.29) is 0 Å². The zero-order chi connectivity index (χ0) is 4.28. The minimum Gasteiger partial charge on any atom is -0.170 e. The van der Waals surface area contributed by atoms with Crippen LogP contribution in [0.4, 0.5) is 0 Å². The second kappa shape index (κ2) is 3.11. The predicted octanol–water partition coefficient (Wildman–Crippen LogP) is 1.28. The number of rotatable bonds is 1. The van der Waals surface area contributed by atoms with Crippen LogP contribution in [0.15, 0.2) is 0 Å². The lowest BCUT2D eigenvalue weighted by atomic mass is 11.8. The highest BCUT2D eigenvalue weighted by Crippen LogP contribution is 2.29. The molecular formula is CH5OP2S+. The molecule has 0 aliphatic carbocycles. The van der Waals surface area contributed by atoms with Crippen molar-refractivity contribution in [2.24, 2.45) is 0 Å². The number of hydrogen-bond acceptors (Lipinski definition) is 2. The van der Waals surface area contributed by atoms with E-state index in [0.29, 0.717) is 0 Å². The van der Waals surface area contributed by atoms with Crippen LogP contribution >= 0.6 is 15.5 Å². The Kier molecular flexibility index (Phi) is 3.68. The van der Waals surface area contributed by atoms with Crippen LogP contribution in [0.5, 0.6) is 0 Å². The molecule has 5 heavy (non-hydrogen) atoms. The molecule has 0 radical (unpaired) electrons. The molecule has 0 saturated carbocycles. The Labute approximate surface area is 39.7 Å². The van der Waals surface area contributed by atoms with E-state index >= 15 is 0 Å². The maximum atomic E-state index is 4.59. The summed E-state index contributed by atoms with van der Waals surface area (Å²) in [5.41, 5.74) is 0.